The summed E-state index contributed by atoms with van der Waals surface area (Å²) >= 11 is 0. The fourth-order valence-electron chi connectivity index (χ4n) is 1.68. The van der Waals surface area contributed by atoms with E-state index in [1.807, 2.05) is 0 Å². The average Bonchev–Trinajstić information content (AvgIpc) is 2.24. The van der Waals surface area contributed by atoms with Gasteiger partial charge < -0.3 is 14.9 Å². The molecule has 0 aliphatic carbocycles. The van der Waals surface area contributed by atoms with E-state index in [0.29, 0.717) is 0 Å². The first kappa shape index (κ1) is 14.8. The van der Waals surface area contributed by atoms with Crippen LogP contribution in [0, 0.1) is 0 Å². The van der Waals surface area contributed by atoms with E-state index in [9.17, 15) is 8.42 Å². The number of rotatable bonds is 5. The van der Waals surface area contributed by atoms with Crippen molar-refractivity contribution >= 4 is 10.2 Å². The Hall–Kier alpha value is -0.250. The summed E-state index contributed by atoms with van der Waals surface area (Å²) in [4.78, 5) is 0. The predicted octanol–water partition coefficient (Wildman–Crippen LogP) is -1.72. The first-order valence-electron chi connectivity index (χ1n) is 5.54. The van der Waals surface area contributed by atoms with E-state index in [-0.39, 0.29) is 31.8 Å². The molecule has 0 aromatic heterocycles. The molecule has 17 heavy (non-hydrogen) atoms. The minimum absolute atomic E-state index is 0.155. The largest absolute Gasteiger partial charge is 0.394 e. The standard InChI is InChI=1S/C9H20N2O5S/c1-7-4-11(5-8(2)16-7)17(14,15)10-3-9(13)6-12/h7-10,12-13H,3-6H2,1-2H3. The maximum absolute atomic E-state index is 11.9. The molecule has 3 unspecified atom stereocenters. The summed E-state index contributed by atoms with van der Waals surface area (Å²) in [5, 5.41) is 17.7. The van der Waals surface area contributed by atoms with Crippen molar-refractivity contribution in [1.82, 2.24) is 9.03 Å². The minimum Gasteiger partial charge on any atom is -0.394 e. The van der Waals surface area contributed by atoms with E-state index in [2.05, 4.69) is 4.72 Å². The van der Waals surface area contributed by atoms with Crippen LogP contribution in [0.5, 0.6) is 0 Å². The molecule has 1 heterocycles. The van der Waals surface area contributed by atoms with Gasteiger partial charge in [-0.2, -0.15) is 17.4 Å². The molecule has 0 amide bonds. The molecule has 1 fully saturated rings. The van der Waals surface area contributed by atoms with Gasteiger partial charge in [-0.25, -0.2) is 0 Å². The lowest BCUT2D eigenvalue weighted by Gasteiger charge is -2.34. The third-order valence-corrected chi connectivity index (χ3v) is 3.95. The number of hydrogen-bond acceptors (Lipinski definition) is 5. The summed E-state index contributed by atoms with van der Waals surface area (Å²) < 4.78 is 32.7. The van der Waals surface area contributed by atoms with E-state index in [1.54, 1.807) is 13.8 Å². The lowest BCUT2D eigenvalue weighted by Crippen LogP contribution is -2.52. The Labute approximate surface area is 102 Å². The van der Waals surface area contributed by atoms with E-state index >= 15 is 0 Å². The molecule has 0 spiro atoms. The lowest BCUT2D eigenvalue weighted by atomic mass is 10.3. The third-order valence-electron chi connectivity index (χ3n) is 2.44. The Morgan fingerprint density at radius 1 is 1.41 bits per heavy atom. The zero-order valence-electron chi connectivity index (χ0n) is 10.0. The Balaban J connectivity index is 2.57. The maximum atomic E-state index is 11.9. The van der Waals surface area contributed by atoms with Crippen molar-refractivity contribution < 1.29 is 23.4 Å². The number of morpholine rings is 1. The van der Waals surface area contributed by atoms with Crippen molar-refractivity contribution in [2.45, 2.75) is 32.2 Å². The quantitative estimate of drug-likeness (QED) is 0.551. The highest BCUT2D eigenvalue weighted by atomic mass is 32.2. The zero-order chi connectivity index (χ0) is 13.1. The predicted molar refractivity (Wildman–Crippen MR) is 61.6 cm³/mol. The van der Waals surface area contributed by atoms with Gasteiger partial charge in [-0.05, 0) is 13.8 Å². The van der Waals surface area contributed by atoms with Crippen LogP contribution in [-0.4, -0.2) is 67.5 Å². The van der Waals surface area contributed by atoms with Crippen molar-refractivity contribution in [1.29, 1.82) is 0 Å². The van der Waals surface area contributed by atoms with Gasteiger partial charge in [0, 0.05) is 19.6 Å². The molecule has 7 nitrogen and oxygen atoms in total. The summed E-state index contributed by atoms with van der Waals surface area (Å²) in [7, 11) is -3.62. The van der Waals surface area contributed by atoms with E-state index in [4.69, 9.17) is 14.9 Å². The van der Waals surface area contributed by atoms with Gasteiger partial charge >= 0.3 is 0 Å². The van der Waals surface area contributed by atoms with Crippen molar-refractivity contribution in [3.63, 3.8) is 0 Å². The summed E-state index contributed by atoms with van der Waals surface area (Å²) in [5.74, 6) is 0. The molecule has 0 saturated carbocycles. The van der Waals surface area contributed by atoms with Gasteiger partial charge in [-0.15, -0.1) is 0 Å². The van der Waals surface area contributed by atoms with Crippen LogP contribution in [-0.2, 0) is 14.9 Å². The number of ether oxygens (including phenoxy) is 1. The van der Waals surface area contributed by atoms with Crippen LogP contribution in [0.15, 0.2) is 0 Å². The average molecular weight is 268 g/mol. The van der Waals surface area contributed by atoms with Gasteiger partial charge in [0.1, 0.15) is 0 Å². The topological polar surface area (TPSA) is 99.1 Å². The molecule has 3 atom stereocenters. The van der Waals surface area contributed by atoms with Gasteiger partial charge in [-0.3, -0.25) is 0 Å². The molecule has 1 aliphatic heterocycles. The van der Waals surface area contributed by atoms with Gasteiger partial charge in [0.25, 0.3) is 10.2 Å². The van der Waals surface area contributed by atoms with Crippen LogP contribution in [0.4, 0.5) is 0 Å². The number of aliphatic hydroxyl groups excluding tert-OH is 2. The van der Waals surface area contributed by atoms with Gasteiger partial charge in [0.15, 0.2) is 0 Å². The molecule has 102 valence electrons. The molecule has 3 N–H and O–H groups in total. The molecule has 1 rings (SSSR count). The summed E-state index contributed by atoms with van der Waals surface area (Å²) in [6, 6.07) is 0. The molecule has 1 aliphatic rings. The number of aliphatic hydroxyl groups is 2. The highest BCUT2D eigenvalue weighted by Gasteiger charge is 2.30. The molecule has 0 aromatic carbocycles. The van der Waals surface area contributed by atoms with Crippen LogP contribution >= 0.6 is 0 Å². The van der Waals surface area contributed by atoms with E-state index < -0.39 is 22.9 Å². The van der Waals surface area contributed by atoms with Crippen molar-refractivity contribution in [3.05, 3.63) is 0 Å². The van der Waals surface area contributed by atoms with Crippen molar-refractivity contribution in [2.24, 2.45) is 0 Å². The third kappa shape index (κ3) is 4.49. The van der Waals surface area contributed by atoms with Gasteiger partial charge in [0.05, 0.1) is 24.9 Å². The molecule has 8 heteroatoms. The van der Waals surface area contributed by atoms with E-state index in [0.717, 1.165) is 0 Å². The monoisotopic (exact) mass is 268 g/mol. The second kappa shape index (κ2) is 6.07. The van der Waals surface area contributed by atoms with Gasteiger partial charge in [0.2, 0.25) is 0 Å². The molecular weight excluding hydrogens is 248 g/mol. The highest BCUT2D eigenvalue weighted by Crippen LogP contribution is 2.13. The second-order valence-electron chi connectivity index (χ2n) is 4.26. The molecule has 0 aromatic rings. The Bertz CT molecular complexity index is 324. The molecule has 0 bridgehead atoms. The number of nitrogens with zero attached hydrogens (tertiary/aromatic N) is 1. The SMILES string of the molecule is CC1CN(S(=O)(=O)NCC(O)CO)CC(C)O1. The minimum atomic E-state index is -3.62. The normalized spacial score (nSPS) is 29.2. The smallest absolute Gasteiger partial charge is 0.279 e. The number of nitrogens with one attached hydrogen (secondary N) is 1. The summed E-state index contributed by atoms with van der Waals surface area (Å²) in [6.07, 6.45) is -1.39. The van der Waals surface area contributed by atoms with E-state index in [1.165, 1.54) is 4.31 Å². The van der Waals surface area contributed by atoms with Crippen molar-refractivity contribution in [3.8, 4) is 0 Å². The lowest BCUT2D eigenvalue weighted by molar-refractivity contribution is -0.0444. The Kier molecular flexibility index (Phi) is 5.29. The first-order valence-corrected chi connectivity index (χ1v) is 6.98. The van der Waals surface area contributed by atoms with Crippen LogP contribution in [0.25, 0.3) is 0 Å². The fraction of sp³-hybridized carbons (Fsp3) is 1.00. The highest BCUT2D eigenvalue weighted by molar-refractivity contribution is 7.87. The zero-order valence-corrected chi connectivity index (χ0v) is 10.9. The first-order chi connectivity index (χ1) is 7.85. The Morgan fingerprint density at radius 2 is 1.94 bits per heavy atom. The molecule has 0 radical (unpaired) electrons. The van der Waals surface area contributed by atoms with Gasteiger partial charge in [-0.1, -0.05) is 0 Å². The van der Waals surface area contributed by atoms with Crippen molar-refractivity contribution in [2.75, 3.05) is 26.2 Å². The fourth-order valence-corrected chi connectivity index (χ4v) is 3.08. The van der Waals surface area contributed by atoms with Crippen LogP contribution < -0.4 is 4.72 Å². The number of hydrogen-bond donors (Lipinski definition) is 3. The summed E-state index contributed by atoms with van der Waals surface area (Å²) in [6.45, 7) is 3.52. The van der Waals surface area contributed by atoms with Crippen LogP contribution in [0.2, 0.25) is 0 Å². The summed E-state index contributed by atoms with van der Waals surface area (Å²) in [5.41, 5.74) is 0. The maximum Gasteiger partial charge on any atom is 0.279 e. The second-order valence-corrected chi connectivity index (χ2v) is 6.02. The Morgan fingerprint density at radius 3 is 2.41 bits per heavy atom. The van der Waals surface area contributed by atoms with Crippen LogP contribution in [0.3, 0.4) is 0 Å². The van der Waals surface area contributed by atoms with Crippen LogP contribution in [0.1, 0.15) is 13.8 Å². The molecular formula is C9H20N2O5S. The molecule has 1 saturated heterocycles.